The van der Waals surface area contributed by atoms with Gasteiger partial charge in [-0.1, -0.05) is 476 Å². The maximum absolute atomic E-state index is 11.9. The summed E-state index contributed by atoms with van der Waals surface area (Å²) in [4.78, 5) is 11.9. The van der Waals surface area contributed by atoms with Gasteiger partial charge in [-0.25, -0.2) is 4.79 Å². The molecule has 0 radical (unpaired) electrons. The molecule has 0 aromatic rings. The Balaban J connectivity index is 8.02. The van der Waals surface area contributed by atoms with Gasteiger partial charge in [0.05, 0.1) is 0 Å². The minimum Gasteiger partial charge on any atom is -0.479 e. The van der Waals surface area contributed by atoms with Gasteiger partial charge in [0.15, 0.2) is 73.7 Å². The third-order valence-electron chi connectivity index (χ3n) is 7.72. The zero-order chi connectivity index (χ0) is 53.6. The molecule has 1 N–H and O–H groups in total. The predicted molar refractivity (Wildman–Crippen MR) is 302 cm³/mol. The lowest BCUT2D eigenvalue weighted by Gasteiger charge is -2.59. The van der Waals surface area contributed by atoms with Gasteiger partial charge in [0, 0.05) is 0 Å². The van der Waals surface area contributed by atoms with E-state index in [0.717, 1.165) is 0 Å². The Bertz CT molecular complexity index is 1740. The van der Waals surface area contributed by atoms with Crippen LogP contribution in [0.15, 0.2) is 0 Å². The van der Waals surface area contributed by atoms with Gasteiger partial charge in [0.25, 0.3) is 0 Å². The highest BCUT2D eigenvalue weighted by Crippen LogP contribution is 2.79. The predicted octanol–water partition coefficient (Wildman–Crippen LogP) is 23.7. The summed E-state index contributed by atoms with van der Waals surface area (Å²) in [5.41, 5.74) is 0. The van der Waals surface area contributed by atoms with Crippen LogP contribution in [-0.2, 0) is 4.79 Å². The van der Waals surface area contributed by atoms with Crippen LogP contribution in [0.1, 0.15) is 0 Å². The molecular formula is C21HCl41O2. The van der Waals surface area contributed by atoms with E-state index < -0.39 is 92.1 Å². The summed E-state index contributed by atoms with van der Waals surface area (Å²) in [5, 5.41) is 9.55. The first kappa shape index (κ1) is 75.4. The van der Waals surface area contributed by atoms with Crippen LogP contribution in [0.2, 0.25) is 0 Å². The summed E-state index contributed by atoms with van der Waals surface area (Å²) in [7, 11) is 0. The van der Waals surface area contributed by atoms with Crippen LogP contribution in [0.5, 0.6) is 0 Å². The van der Waals surface area contributed by atoms with Gasteiger partial charge in [-0.3, -0.25) is 0 Å². The van der Waals surface area contributed by atoms with E-state index in [4.69, 9.17) is 476 Å². The Morgan fingerprint density at radius 1 is 0.188 bits per heavy atom. The SMILES string of the molecule is O=C(O)C(Cl)(Cl)C(Cl)(Cl)C(Cl)(Cl)C(Cl)(Cl)C(Cl)(Cl)C(Cl)(Cl)C(Cl)(Cl)C(Cl)(Cl)C(Cl)(Cl)C(Cl)(Cl)C(Cl)(Cl)C(Cl)(Cl)C(Cl)(Cl)C(Cl)(Cl)C(Cl)(Cl)C(Cl)(Cl)C(Cl)(Cl)C(Cl)(Cl)C(Cl)(Cl)C(Cl)(Cl)Cl. The average Bonchev–Trinajstić information content (AvgIpc) is 3.05. The monoisotopic (exact) mass is 1720 g/mol. The molecule has 43 heteroatoms. The summed E-state index contributed by atoms with van der Waals surface area (Å²) in [6, 6.07) is 0. The highest BCUT2D eigenvalue weighted by Gasteiger charge is 2.89. The number of halogens is 41. The summed E-state index contributed by atoms with van der Waals surface area (Å²) in [5.74, 6) is -2.22. The fourth-order valence-electron chi connectivity index (χ4n) is 3.66. The van der Waals surface area contributed by atoms with E-state index in [1.807, 2.05) is 0 Å². The second-order valence-corrected chi connectivity index (χ2v) is 39.2. The molecule has 0 aliphatic carbocycles. The van der Waals surface area contributed by atoms with Crippen LogP contribution in [0, 0.1) is 0 Å². The normalized spacial score (nSPS) is 17.3. The molecule has 0 fully saturated rings. The molecule has 64 heavy (non-hydrogen) atoms. The first-order chi connectivity index (χ1) is 26.7. The maximum Gasteiger partial charge on any atom is 0.343 e. The number of hydrogen-bond donors (Lipinski definition) is 1. The lowest BCUT2D eigenvalue weighted by molar-refractivity contribution is -0.138. The summed E-state index contributed by atoms with van der Waals surface area (Å²) in [6.07, 6.45) is 0. The molecule has 0 unspecified atom stereocenters. The van der Waals surface area contributed by atoms with Gasteiger partial charge in [-0.15, -0.1) is 0 Å². The van der Waals surface area contributed by atoms with Crippen molar-refractivity contribution in [2.24, 2.45) is 0 Å². The standard InChI is InChI=1S/C21HCl41O2/c22-2(23,1(63)64)3(24,25)4(26,27)5(28,29)6(30,31)7(32,33)8(34,35)9(36,37)10(38,39)11(40,41)12(42,43)13(44,45)14(46,47)15(48,49)16(50,51)17(52,53)18(54,55)19(56,57)20(58,59)21(60,61)62/h(H,63,64). The fraction of sp³-hybridized carbons (Fsp3) is 0.952. The minimum atomic E-state index is -3.84. The van der Waals surface area contributed by atoms with Crippen LogP contribution >= 0.6 is 476 Å². The van der Waals surface area contributed by atoms with Crippen molar-refractivity contribution < 1.29 is 9.90 Å². The zero-order valence-electron chi connectivity index (χ0n) is 26.9. The number of rotatable bonds is 19. The number of hydrogen-bond acceptors (Lipinski definition) is 1. The third kappa shape index (κ3) is 10.8. The summed E-state index contributed by atoms with van der Waals surface area (Å²) in [6.45, 7) is 0. The molecule has 0 aliphatic heterocycles. The van der Waals surface area contributed by atoms with Crippen molar-refractivity contribution >= 4 is 482 Å². The van der Waals surface area contributed by atoms with Gasteiger partial charge in [-0.05, 0) is 0 Å². The molecular weight excluding hydrogens is 1740 g/mol. The largest absolute Gasteiger partial charge is 0.479 e. The number of alkyl halides is 41. The van der Waals surface area contributed by atoms with Crippen LogP contribution in [0.4, 0.5) is 0 Å². The highest BCUT2D eigenvalue weighted by atomic mass is 35.6. The van der Waals surface area contributed by atoms with E-state index in [9.17, 15) is 9.90 Å². The van der Waals surface area contributed by atoms with Crippen molar-refractivity contribution in [3.63, 3.8) is 0 Å². The Morgan fingerprint density at radius 2 is 0.281 bits per heavy atom. The molecule has 0 atom stereocenters. The van der Waals surface area contributed by atoms with Crippen LogP contribution < -0.4 is 0 Å². The van der Waals surface area contributed by atoms with E-state index in [-0.39, 0.29) is 0 Å². The van der Waals surface area contributed by atoms with Crippen molar-refractivity contribution in [3.8, 4) is 0 Å². The smallest absolute Gasteiger partial charge is 0.343 e. The van der Waals surface area contributed by atoms with Crippen LogP contribution in [-0.4, -0.2) is 97.2 Å². The summed E-state index contributed by atoms with van der Waals surface area (Å²) >= 11 is 261. The Labute approximate surface area is 567 Å². The molecule has 0 saturated carbocycles. The molecule has 384 valence electrons. The highest BCUT2D eigenvalue weighted by molar-refractivity contribution is 6.87. The first-order valence-corrected chi connectivity index (χ1v) is 28.7. The topological polar surface area (TPSA) is 37.3 Å². The molecule has 0 aromatic carbocycles. The van der Waals surface area contributed by atoms with Crippen LogP contribution in [0.3, 0.4) is 0 Å². The quantitative estimate of drug-likeness (QED) is 0.131. The van der Waals surface area contributed by atoms with E-state index in [0.29, 0.717) is 0 Å². The number of aliphatic carboxylic acids is 1. The fourth-order valence-corrected chi connectivity index (χ4v) is 17.8. The Kier molecular flexibility index (Phi) is 26.1. The Morgan fingerprint density at radius 3 is 0.375 bits per heavy atom. The van der Waals surface area contributed by atoms with Crippen molar-refractivity contribution in [2.75, 3.05) is 0 Å². The molecule has 0 amide bonds. The number of carboxylic acid groups (broad SMARTS) is 1. The van der Waals surface area contributed by atoms with Crippen molar-refractivity contribution in [1.29, 1.82) is 0 Å². The molecule has 0 rings (SSSR count). The summed E-state index contributed by atoms with van der Waals surface area (Å²) < 4.78 is -72.4. The van der Waals surface area contributed by atoms with Gasteiger partial charge < -0.3 is 5.11 Å². The molecule has 0 aromatic heterocycles. The molecule has 2 nitrogen and oxygen atoms in total. The van der Waals surface area contributed by atoms with Gasteiger partial charge in [-0.2, -0.15) is 0 Å². The average molecular weight is 1740 g/mol. The number of carboxylic acids is 1. The Hall–Kier alpha value is 11.4. The van der Waals surface area contributed by atoms with Crippen molar-refractivity contribution in [2.45, 2.75) is 86.1 Å². The van der Waals surface area contributed by atoms with E-state index in [1.54, 1.807) is 0 Å². The van der Waals surface area contributed by atoms with Crippen molar-refractivity contribution in [3.05, 3.63) is 0 Å². The minimum absolute atomic E-state index is 2.22. The molecule has 0 aliphatic rings. The third-order valence-corrected chi connectivity index (χ3v) is 37.4. The molecule has 0 heterocycles. The second kappa shape index (κ2) is 22.2. The van der Waals surface area contributed by atoms with E-state index >= 15 is 0 Å². The second-order valence-electron chi connectivity index (χ2n) is 11.7. The van der Waals surface area contributed by atoms with Crippen LogP contribution in [0.25, 0.3) is 0 Å². The van der Waals surface area contributed by atoms with Gasteiger partial charge >= 0.3 is 5.97 Å². The molecule has 0 bridgehead atoms. The van der Waals surface area contributed by atoms with Crippen molar-refractivity contribution in [1.82, 2.24) is 0 Å². The molecule has 0 spiro atoms. The zero-order valence-corrected chi connectivity index (χ0v) is 57.8. The molecule has 0 saturated heterocycles. The number of carbonyl (C=O) groups is 1. The van der Waals surface area contributed by atoms with Gasteiger partial charge in [0.1, 0.15) is 0 Å². The first-order valence-electron chi connectivity index (χ1n) is 13.2. The van der Waals surface area contributed by atoms with Gasteiger partial charge in [0.2, 0.25) is 12.5 Å². The lowest BCUT2D eigenvalue weighted by atomic mass is 9.95. The van der Waals surface area contributed by atoms with E-state index in [2.05, 4.69) is 0 Å². The lowest BCUT2D eigenvalue weighted by Crippen LogP contribution is -2.76. The maximum atomic E-state index is 11.9. The van der Waals surface area contributed by atoms with E-state index in [1.165, 1.54) is 0 Å².